The van der Waals surface area contributed by atoms with Gasteiger partial charge < -0.3 is 10.2 Å². The molecule has 0 aromatic heterocycles. The minimum absolute atomic E-state index is 0.000495. The third-order valence-corrected chi connectivity index (χ3v) is 2.63. The first-order chi connectivity index (χ1) is 8.41. The molecule has 0 saturated carbocycles. The zero-order chi connectivity index (χ0) is 13.7. The van der Waals surface area contributed by atoms with Gasteiger partial charge in [0.2, 0.25) is 5.91 Å². The number of halogens is 1. The van der Waals surface area contributed by atoms with Crippen LogP contribution in [0.1, 0.15) is 6.42 Å². The Kier molecular flexibility index (Phi) is 4.91. The summed E-state index contributed by atoms with van der Waals surface area (Å²) in [6, 6.07) is 4.17. The summed E-state index contributed by atoms with van der Waals surface area (Å²) in [4.78, 5) is 22.8. The lowest BCUT2D eigenvalue weighted by Gasteiger charge is -2.11. The zero-order valence-corrected chi connectivity index (χ0v) is 10.9. The lowest BCUT2D eigenvalue weighted by Crippen LogP contribution is -2.23. The molecule has 0 unspecified atom stereocenters. The van der Waals surface area contributed by atoms with Crippen LogP contribution in [0.25, 0.3) is 0 Å². The number of nitro benzene ring substituents is 1. The summed E-state index contributed by atoms with van der Waals surface area (Å²) in [5.74, 6) is 0.000495. The van der Waals surface area contributed by atoms with Gasteiger partial charge >= 0.3 is 0 Å². The van der Waals surface area contributed by atoms with E-state index in [4.69, 9.17) is 11.6 Å². The Morgan fingerprint density at radius 1 is 1.50 bits per heavy atom. The van der Waals surface area contributed by atoms with Crippen LogP contribution < -0.4 is 5.32 Å². The molecule has 1 aromatic carbocycles. The molecular weight excluding hydrogens is 258 g/mol. The minimum Gasteiger partial charge on any atom is -0.383 e. The monoisotopic (exact) mass is 271 g/mol. The summed E-state index contributed by atoms with van der Waals surface area (Å²) < 4.78 is 0. The Hall–Kier alpha value is -1.82. The third-order valence-electron chi connectivity index (χ3n) is 2.32. The Bertz CT molecular complexity index is 463. The van der Waals surface area contributed by atoms with E-state index in [1.807, 2.05) is 0 Å². The second-order valence-corrected chi connectivity index (χ2v) is 4.29. The van der Waals surface area contributed by atoms with Gasteiger partial charge in [-0.05, 0) is 6.07 Å². The smallest absolute Gasteiger partial charge is 0.271 e. The van der Waals surface area contributed by atoms with E-state index < -0.39 is 4.92 Å². The lowest BCUT2D eigenvalue weighted by atomic mass is 10.2. The zero-order valence-electron chi connectivity index (χ0n) is 10.1. The van der Waals surface area contributed by atoms with E-state index in [0.717, 1.165) is 0 Å². The van der Waals surface area contributed by atoms with Crippen LogP contribution in [0.3, 0.4) is 0 Å². The van der Waals surface area contributed by atoms with E-state index in [1.54, 1.807) is 14.1 Å². The molecule has 0 spiro atoms. The number of rotatable bonds is 5. The number of benzene rings is 1. The average Bonchev–Trinajstić information content (AvgIpc) is 2.30. The van der Waals surface area contributed by atoms with Crippen molar-refractivity contribution < 1.29 is 9.72 Å². The maximum Gasteiger partial charge on any atom is 0.271 e. The van der Waals surface area contributed by atoms with Crippen LogP contribution in [0.2, 0.25) is 5.02 Å². The van der Waals surface area contributed by atoms with Crippen molar-refractivity contribution >= 4 is 28.9 Å². The number of nitrogens with one attached hydrogen (secondary N) is 1. The highest BCUT2D eigenvalue weighted by Gasteiger charge is 2.09. The normalized spacial score (nSPS) is 9.94. The molecule has 0 atom stereocenters. The number of hydrogen-bond acceptors (Lipinski definition) is 4. The molecule has 0 bridgehead atoms. The van der Waals surface area contributed by atoms with Gasteiger partial charge in [-0.15, -0.1) is 0 Å². The van der Waals surface area contributed by atoms with E-state index >= 15 is 0 Å². The Morgan fingerprint density at radius 2 is 2.17 bits per heavy atom. The molecule has 0 heterocycles. The number of nitrogens with zero attached hydrogens (tertiary/aromatic N) is 2. The van der Waals surface area contributed by atoms with E-state index in [-0.39, 0.29) is 16.6 Å². The van der Waals surface area contributed by atoms with Crippen molar-refractivity contribution in [3.8, 4) is 0 Å². The summed E-state index contributed by atoms with van der Waals surface area (Å²) >= 11 is 5.89. The van der Waals surface area contributed by atoms with Crippen molar-refractivity contribution in [1.29, 1.82) is 0 Å². The van der Waals surface area contributed by atoms with Crippen LogP contribution in [0.4, 0.5) is 11.4 Å². The number of hydrogen-bond donors (Lipinski definition) is 1. The number of anilines is 1. The number of carbonyl (C=O) groups excluding carboxylic acids is 1. The molecule has 0 aliphatic heterocycles. The predicted octanol–water partition coefficient (Wildman–Crippen LogP) is 2.14. The third kappa shape index (κ3) is 3.89. The van der Waals surface area contributed by atoms with Crippen molar-refractivity contribution in [2.45, 2.75) is 6.42 Å². The van der Waals surface area contributed by atoms with Crippen LogP contribution in [-0.2, 0) is 4.79 Å². The van der Waals surface area contributed by atoms with Gasteiger partial charge in [0.25, 0.3) is 5.69 Å². The fourth-order valence-electron chi connectivity index (χ4n) is 1.29. The van der Waals surface area contributed by atoms with Crippen LogP contribution in [0.5, 0.6) is 0 Å². The molecule has 0 aliphatic carbocycles. The number of amides is 1. The van der Waals surface area contributed by atoms with E-state index in [9.17, 15) is 14.9 Å². The summed E-state index contributed by atoms with van der Waals surface area (Å²) in [6.45, 7) is 0.425. The highest BCUT2D eigenvalue weighted by Crippen LogP contribution is 2.26. The van der Waals surface area contributed by atoms with Crippen LogP contribution in [0, 0.1) is 10.1 Å². The van der Waals surface area contributed by atoms with Gasteiger partial charge in [0.15, 0.2) is 0 Å². The topological polar surface area (TPSA) is 75.5 Å². The maximum absolute atomic E-state index is 11.3. The molecule has 7 heteroatoms. The van der Waals surface area contributed by atoms with Gasteiger partial charge in [0.1, 0.15) is 0 Å². The first-order valence-corrected chi connectivity index (χ1v) is 5.67. The average molecular weight is 272 g/mol. The quantitative estimate of drug-likeness (QED) is 0.658. The highest BCUT2D eigenvalue weighted by atomic mass is 35.5. The summed E-state index contributed by atoms with van der Waals surface area (Å²) in [7, 11) is 3.36. The summed E-state index contributed by atoms with van der Waals surface area (Å²) in [5.41, 5.74) is 0.517. The Balaban J connectivity index is 2.58. The molecule has 6 nitrogen and oxygen atoms in total. The fraction of sp³-hybridized carbons (Fsp3) is 0.364. The van der Waals surface area contributed by atoms with E-state index in [1.165, 1.54) is 23.1 Å². The Labute approximate surface area is 110 Å². The molecule has 0 fully saturated rings. The first kappa shape index (κ1) is 14.2. The largest absolute Gasteiger partial charge is 0.383 e. The van der Waals surface area contributed by atoms with Crippen LogP contribution >= 0.6 is 11.6 Å². The van der Waals surface area contributed by atoms with Crippen LogP contribution in [-0.4, -0.2) is 36.4 Å². The number of carbonyl (C=O) groups is 1. The molecule has 1 rings (SSSR count). The van der Waals surface area contributed by atoms with Gasteiger partial charge in [0, 0.05) is 39.2 Å². The fourth-order valence-corrected chi connectivity index (χ4v) is 1.53. The number of nitro groups is 1. The van der Waals surface area contributed by atoms with E-state index in [0.29, 0.717) is 18.7 Å². The highest BCUT2D eigenvalue weighted by molar-refractivity contribution is 6.33. The van der Waals surface area contributed by atoms with Gasteiger partial charge in [-0.2, -0.15) is 0 Å². The lowest BCUT2D eigenvalue weighted by molar-refractivity contribution is -0.384. The minimum atomic E-state index is -0.509. The molecule has 0 radical (unpaired) electrons. The summed E-state index contributed by atoms with van der Waals surface area (Å²) in [6.07, 6.45) is 0.334. The van der Waals surface area contributed by atoms with Crippen molar-refractivity contribution in [2.75, 3.05) is 26.0 Å². The molecule has 1 amide bonds. The molecule has 98 valence electrons. The molecular formula is C11H14ClN3O3. The van der Waals surface area contributed by atoms with Crippen molar-refractivity contribution in [3.63, 3.8) is 0 Å². The van der Waals surface area contributed by atoms with Gasteiger partial charge in [-0.1, -0.05) is 11.6 Å². The molecule has 0 aliphatic rings. The SMILES string of the molecule is CN(C)C(=O)CCNc1ccc([N+](=O)[O-])cc1Cl. The van der Waals surface area contributed by atoms with E-state index in [2.05, 4.69) is 5.32 Å². The van der Waals surface area contributed by atoms with Gasteiger partial charge in [0.05, 0.1) is 15.6 Å². The molecule has 1 aromatic rings. The molecule has 0 saturated heterocycles. The number of non-ortho nitro benzene ring substituents is 1. The second kappa shape index (κ2) is 6.20. The van der Waals surface area contributed by atoms with Crippen molar-refractivity contribution in [1.82, 2.24) is 4.90 Å². The Morgan fingerprint density at radius 3 is 2.67 bits per heavy atom. The predicted molar refractivity (Wildman–Crippen MR) is 69.9 cm³/mol. The standard InChI is InChI=1S/C11H14ClN3O3/c1-14(2)11(16)5-6-13-10-4-3-8(15(17)18)7-9(10)12/h3-4,7,13H,5-6H2,1-2H3. The summed E-state index contributed by atoms with van der Waals surface area (Å²) in [5, 5.41) is 13.7. The molecule has 18 heavy (non-hydrogen) atoms. The van der Waals surface area contributed by atoms with Gasteiger partial charge in [-0.25, -0.2) is 0 Å². The van der Waals surface area contributed by atoms with Crippen LogP contribution in [0.15, 0.2) is 18.2 Å². The van der Waals surface area contributed by atoms with Gasteiger partial charge in [-0.3, -0.25) is 14.9 Å². The van der Waals surface area contributed by atoms with Crippen molar-refractivity contribution in [3.05, 3.63) is 33.3 Å². The second-order valence-electron chi connectivity index (χ2n) is 3.89. The molecule has 1 N–H and O–H groups in total. The van der Waals surface area contributed by atoms with Crippen molar-refractivity contribution in [2.24, 2.45) is 0 Å². The first-order valence-electron chi connectivity index (χ1n) is 5.30. The maximum atomic E-state index is 11.3.